The summed E-state index contributed by atoms with van der Waals surface area (Å²) in [5, 5.41) is 0.629. The Hall–Kier alpha value is -2.92. The molecule has 1 saturated carbocycles. The average molecular weight is 509 g/mol. The van der Waals surface area contributed by atoms with E-state index in [9.17, 15) is 26.4 Å². The first kappa shape index (κ1) is 25.2. The first-order valence-electron chi connectivity index (χ1n) is 11.3. The van der Waals surface area contributed by atoms with Crippen molar-refractivity contribution >= 4 is 27.0 Å². The topological polar surface area (TPSA) is 107 Å². The molecule has 35 heavy (non-hydrogen) atoms. The third-order valence-corrected chi connectivity index (χ3v) is 8.20. The highest BCUT2D eigenvalue weighted by atomic mass is 32.2. The Balaban J connectivity index is 1.84. The third-order valence-electron chi connectivity index (χ3n) is 6.53. The van der Waals surface area contributed by atoms with E-state index >= 15 is 0 Å². The average Bonchev–Trinajstić information content (AvgIpc) is 3.05. The Morgan fingerprint density at radius 2 is 1.83 bits per heavy atom. The molecule has 0 saturated heterocycles. The lowest BCUT2D eigenvalue weighted by Gasteiger charge is -2.30. The van der Waals surface area contributed by atoms with Gasteiger partial charge in [0.05, 0.1) is 16.2 Å². The lowest BCUT2D eigenvalue weighted by atomic mass is 9.92. The summed E-state index contributed by atoms with van der Waals surface area (Å²) in [6.07, 6.45) is 0.532. The predicted molar refractivity (Wildman–Crippen MR) is 126 cm³/mol. The highest BCUT2D eigenvalue weighted by Gasteiger charge is 2.49. The molecule has 0 aliphatic heterocycles. The van der Waals surface area contributed by atoms with E-state index < -0.39 is 27.6 Å². The van der Waals surface area contributed by atoms with Crippen LogP contribution in [0, 0.1) is 0 Å². The number of rotatable bonds is 7. The van der Waals surface area contributed by atoms with E-state index in [2.05, 4.69) is 4.98 Å². The van der Waals surface area contributed by atoms with Crippen LogP contribution in [0.5, 0.6) is 0 Å². The molecule has 7 nitrogen and oxygen atoms in total. The highest BCUT2D eigenvalue weighted by Crippen LogP contribution is 2.42. The van der Waals surface area contributed by atoms with Crippen LogP contribution >= 0.6 is 0 Å². The number of carbonyl (C=O) groups is 1. The largest absolute Gasteiger partial charge is 0.407 e. The fourth-order valence-corrected chi connectivity index (χ4v) is 5.60. The van der Waals surface area contributed by atoms with Crippen LogP contribution < -0.4 is 10.5 Å². The number of hydrogen-bond donors (Lipinski definition) is 2. The predicted octanol–water partition coefficient (Wildman–Crippen LogP) is 4.71. The lowest BCUT2D eigenvalue weighted by Crippen LogP contribution is -2.54. The van der Waals surface area contributed by atoms with Crippen molar-refractivity contribution in [2.24, 2.45) is 5.73 Å². The second-order valence-corrected chi connectivity index (χ2v) is 11.0. The summed E-state index contributed by atoms with van der Waals surface area (Å²) < 4.78 is 68.7. The first-order valence-corrected chi connectivity index (χ1v) is 12.8. The molecule has 0 radical (unpaired) electrons. The molecule has 1 aromatic carbocycles. The minimum absolute atomic E-state index is 0.109. The van der Waals surface area contributed by atoms with Gasteiger partial charge in [-0.2, -0.15) is 17.9 Å². The smallest absolute Gasteiger partial charge is 0.366 e. The fourth-order valence-electron chi connectivity index (χ4n) is 4.20. The maximum Gasteiger partial charge on any atom is 0.407 e. The molecule has 11 heteroatoms. The maximum atomic E-state index is 13.2. The van der Waals surface area contributed by atoms with Gasteiger partial charge in [0, 0.05) is 17.6 Å². The number of amides is 1. The number of nitrogens with two attached hydrogens (primary N) is 1. The molecular weight excluding hydrogens is 481 g/mol. The van der Waals surface area contributed by atoms with E-state index in [0.29, 0.717) is 27.9 Å². The van der Waals surface area contributed by atoms with E-state index in [-0.39, 0.29) is 10.9 Å². The zero-order valence-corrected chi connectivity index (χ0v) is 20.4. The minimum atomic E-state index is -4.77. The van der Waals surface area contributed by atoms with Gasteiger partial charge in [0.15, 0.2) is 0 Å². The number of alkyl halides is 3. The van der Waals surface area contributed by atoms with Crippen molar-refractivity contribution in [1.29, 1.82) is 0 Å². The number of hydrogen-bond acceptors (Lipinski definition) is 4. The molecule has 2 heterocycles. The van der Waals surface area contributed by atoms with Crippen molar-refractivity contribution in [3.8, 4) is 11.3 Å². The van der Waals surface area contributed by atoms with Crippen molar-refractivity contribution in [3.63, 3.8) is 0 Å². The van der Waals surface area contributed by atoms with E-state index in [0.717, 1.165) is 45.1 Å². The van der Waals surface area contributed by atoms with Crippen LogP contribution in [0.25, 0.3) is 22.3 Å². The summed E-state index contributed by atoms with van der Waals surface area (Å²) in [4.78, 5) is 16.9. The molecule has 3 N–H and O–H groups in total. The molecule has 1 aliphatic rings. The second kappa shape index (κ2) is 8.63. The van der Waals surface area contributed by atoms with Gasteiger partial charge in [0.1, 0.15) is 11.2 Å². The van der Waals surface area contributed by atoms with Crippen molar-refractivity contribution in [1.82, 2.24) is 14.3 Å². The van der Waals surface area contributed by atoms with Crippen LogP contribution in [0.3, 0.4) is 0 Å². The number of sulfonamides is 1. The molecule has 0 spiro atoms. The van der Waals surface area contributed by atoms with Gasteiger partial charge in [0.25, 0.3) is 5.91 Å². The first-order chi connectivity index (χ1) is 16.3. The number of primary amides is 1. The number of aromatic nitrogens is 2. The molecule has 1 amide bonds. The van der Waals surface area contributed by atoms with Gasteiger partial charge in [-0.05, 0) is 68.9 Å². The van der Waals surface area contributed by atoms with Gasteiger partial charge < -0.3 is 10.3 Å². The number of nitrogens with zero attached hydrogens (tertiary/aromatic N) is 2. The normalized spacial score (nSPS) is 15.4. The van der Waals surface area contributed by atoms with E-state index in [1.807, 2.05) is 17.6 Å². The lowest BCUT2D eigenvalue weighted by molar-refractivity contribution is -0.180. The summed E-state index contributed by atoms with van der Waals surface area (Å²) in [6.45, 7) is 3.49. The second-order valence-electron chi connectivity index (χ2n) is 9.36. The highest BCUT2D eigenvalue weighted by molar-refractivity contribution is 7.89. The Morgan fingerprint density at radius 1 is 1.20 bits per heavy atom. The Labute approximate surface area is 201 Å². The third kappa shape index (κ3) is 4.42. The molecular formula is C24H27F3N4O3S. The zero-order chi connectivity index (χ0) is 25.8. The zero-order valence-electron chi connectivity index (χ0n) is 19.6. The number of benzene rings is 1. The summed E-state index contributed by atoms with van der Waals surface area (Å²) in [6, 6.07) is 7.41. The molecule has 1 fully saturated rings. The summed E-state index contributed by atoms with van der Waals surface area (Å²) >= 11 is 0. The van der Waals surface area contributed by atoms with E-state index in [1.54, 1.807) is 10.9 Å². The van der Waals surface area contributed by atoms with Gasteiger partial charge in [0.2, 0.25) is 10.0 Å². The van der Waals surface area contributed by atoms with Gasteiger partial charge >= 0.3 is 6.18 Å². The van der Waals surface area contributed by atoms with Crippen molar-refractivity contribution in [2.45, 2.75) is 69.1 Å². The monoisotopic (exact) mass is 508 g/mol. The summed E-state index contributed by atoms with van der Waals surface area (Å²) in [7, 11) is -4.46. The maximum absolute atomic E-state index is 13.2. The molecule has 1 aliphatic carbocycles. The number of carbonyl (C=O) groups excluding carboxylic acids is 1. The quantitative estimate of drug-likeness (QED) is 0.482. The summed E-state index contributed by atoms with van der Waals surface area (Å²) in [5.74, 6) is -0.636. The molecule has 0 unspecified atom stereocenters. The number of fused-ring (bicyclic) bond motifs is 1. The van der Waals surface area contributed by atoms with Crippen molar-refractivity contribution < 1.29 is 26.4 Å². The number of pyridine rings is 1. The summed E-state index contributed by atoms with van der Waals surface area (Å²) in [5.41, 5.74) is 6.07. The van der Waals surface area contributed by atoms with E-state index in [4.69, 9.17) is 5.73 Å². The Kier molecular flexibility index (Phi) is 6.21. The van der Waals surface area contributed by atoms with Crippen LogP contribution in [-0.4, -0.2) is 35.6 Å². The molecule has 0 atom stereocenters. The molecule has 188 valence electrons. The van der Waals surface area contributed by atoms with Gasteiger partial charge in [-0.15, -0.1) is 0 Å². The Bertz CT molecular complexity index is 1390. The van der Waals surface area contributed by atoms with Crippen LogP contribution in [-0.2, 0) is 16.4 Å². The fraction of sp³-hybridized carbons (Fsp3) is 0.417. The van der Waals surface area contributed by atoms with Crippen LogP contribution in [0.15, 0.2) is 41.4 Å². The SMILES string of the molecule is CCc1cnc2c(c1)c(C(N)=O)c(-c1ccc(S(=O)(=O)NC(C)(C)C(F)(F)F)cc1)n2C1CCC1. The number of halogens is 3. The van der Waals surface area contributed by atoms with Crippen molar-refractivity contribution in [2.75, 3.05) is 0 Å². The molecule has 0 bridgehead atoms. The minimum Gasteiger partial charge on any atom is -0.366 e. The van der Waals surface area contributed by atoms with Gasteiger partial charge in [-0.3, -0.25) is 4.79 Å². The van der Waals surface area contributed by atoms with Gasteiger partial charge in [-0.25, -0.2) is 13.4 Å². The van der Waals surface area contributed by atoms with Crippen LogP contribution in [0.2, 0.25) is 0 Å². The number of aryl methyl sites for hydroxylation is 1. The molecule has 3 aromatic rings. The van der Waals surface area contributed by atoms with E-state index in [1.165, 1.54) is 24.3 Å². The standard InChI is InChI=1S/C24H27F3N4O3S/c1-4-14-12-18-19(21(28)32)20(31(16-6-5-7-16)22(18)29-13-14)15-8-10-17(11-9-15)35(33,34)30-23(2,3)24(25,26)27/h8-13,16,30H,4-7H2,1-3H3,(H2,28,32). The van der Waals surface area contributed by atoms with Crippen LogP contribution in [0.4, 0.5) is 13.2 Å². The van der Waals surface area contributed by atoms with Crippen LogP contribution in [0.1, 0.15) is 62.0 Å². The molecule has 4 rings (SSSR count). The molecule has 2 aromatic heterocycles. The van der Waals surface area contributed by atoms with Crippen molar-refractivity contribution in [3.05, 3.63) is 47.7 Å². The van der Waals surface area contributed by atoms with Gasteiger partial charge in [-0.1, -0.05) is 19.1 Å². The Morgan fingerprint density at radius 3 is 2.31 bits per heavy atom. The number of nitrogens with one attached hydrogen (secondary N) is 1.